The van der Waals surface area contributed by atoms with Crippen LogP contribution in [0.25, 0.3) is 0 Å². The highest BCUT2D eigenvalue weighted by Crippen LogP contribution is 2.27. The number of aromatic nitrogens is 2. The van der Waals surface area contributed by atoms with E-state index in [9.17, 15) is 22.8 Å². The monoisotopic (exact) mass is 360 g/mol. The standard InChI is InChI=1S/C16H23F3N4O2/c1-11(2)9-14(24)21-13-3-6-20-23(13)12-4-7-22(8-5-12)15(25)10-16(17,18)19/h3,6,11-12H,4-5,7-10H2,1-2H3,(H,21,24). The summed E-state index contributed by atoms with van der Waals surface area (Å²) in [6, 6.07) is 1.64. The molecule has 25 heavy (non-hydrogen) atoms. The van der Waals surface area contributed by atoms with Crippen LogP contribution in [0, 0.1) is 5.92 Å². The molecule has 1 saturated heterocycles. The number of hydrogen-bond donors (Lipinski definition) is 1. The lowest BCUT2D eigenvalue weighted by atomic mass is 10.0. The Morgan fingerprint density at radius 3 is 2.52 bits per heavy atom. The zero-order chi connectivity index (χ0) is 18.6. The first-order valence-electron chi connectivity index (χ1n) is 8.33. The number of carbonyl (C=O) groups is 2. The van der Waals surface area contributed by atoms with Crippen molar-refractivity contribution in [2.24, 2.45) is 5.92 Å². The van der Waals surface area contributed by atoms with Gasteiger partial charge >= 0.3 is 6.18 Å². The summed E-state index contributed by atoms with van der Waals surface area (Å²) in [5, 5.41) is 7.04. The maximum Gasteiger partial charge on any atom is 0.397 e. The van der Waals surface area contributed by atoms with Crippen LogP contribution in [0.2, 0.25) is 0 Å². The molecule has 2 heterocycles. The highest BCUT2D eigenvalue weighted by Gasteiger charge is 2.35. The zero-order valence-electron chi connectivity index (χ0n) is 14.3. The molecule has 0 radical (unpaired) electrons. The highest BCUT2D eigenvalue weighted by molar-refractivity contribution is 5.89. The Morgan fingerprint density at radius 2 is 1.96 bits per heavy atom. The van der Waals surface area contributed by atoms with Gasteiger partial charge in [-0.1, -0.05) is 13.8 Å². The molecule has 1 aromatic rings. The number of rotatable bonds is 5. The molecule has 0 atom stereocenters. The van der Waals surface area contributed by atoms with Crippen LogP contribution >= 0.6 is 0 Å². The van der Waals surface area contributed by atoms with E-state index in [4.69, 9.17) is 0 Å². The Hall–Kier alpha value is -2.06. The second kappa shape index (κ2) is 7.88. The number of hydrogen-bond acceptors (Lipinski definition) is 3. The molecule has 0 aliphatic carbocycles. The van der Waals surface area contributed by atoms with Gasteiger partial charge in [-0.05, 0) is 18.8 Å². The van der Waals surface area contributed by atoms with Crippen LogP contribution in [0.3, 0.4) is 0 Å². The summed E-state index contributed by atoms with van der Waals surface area (Å²) in [5.74, 6) is -0.184. The Kier molecular flexibility index (Phi) is 6.07. The van der Waals surface area contributed by atoms with Crippen LogP contribution in [-0.4, -0.2) is 45.8 Å². The number of alkyl halides is 3. The molecule has 0 spiro atoms. The fourth-order valence-electron chi connectivity index (χ4n) is 2.91. The smallest absolute Gasteiger partial charge is 0.342 e. The summed E-state index contributed by atoms with van der Waals surface area (Å²) in [4.78, 5) is 24.8. The molecule has 0 bridgehead atoms. The molecule has 9 heteroatoms. The minimum Gasteiger partial charge on any atom is -0.342 e. The van der Waals surface area contributed by atoms with Crippen LogP contribution in [0.5, 0.6) is 0 Å². The summed E-state index contributed by atoms with van der Waals surface area (Å²) >= 11 is 0. The number of likely N-dealkylation sites (tertiary alicyclic amines) is 1. The molecule has 2 rings (SSSR count). The second-order valence-electron chi connectivity index (χ2n) is 6.71. The van der Waals surface area contributed by atoms with E-state index in [1.807, 2.05) is 13.8 Å². The fraction of sp³-hybridized carbons (Fsp3) is 0.688. The molecule has 1 fully saturated rings. The van der Waals surface area contributed by atoms with E-state index in [1.165, 1.54) is 4.90 Å². The Bertz CT molecular complexity index is 605. The molecule has 0 aromatic carbocycles. The minimum atomic E-state index is -4.48. The van der Waals surface area contributed by atoms with Crippen LogP contribution in [-0.2, 0) is 9.59 Å². The maximum absolute atomic E-state index is 12.3. The van der Waals surface area contributed by atoms with E-state index in [-0.39, 0.29) is 31.0 Å². The summed E-state index contributed by atoms with van der Waals surface area (Å²) < 4.78 is 38.7. The lowest BCUT2D eigenvalue weighted by molar-refractivity contribution is -0.162. The highest BCUT2D eigenvalue weighted by atomic mass is 19.4. The van der Waals surface area contributed by atoms with Crippen molar-refractivity contribution in [2.45, 2.75) is 51.7 Å². The third-order valence-electron chi connectivity index (χ3n) is 4.05. The van der Waals surface area contributed by atoms with Gasteiger partial charge in [0, 0.05) is 25.6 Å². The number of piperidine rings is 1. The van der Waals surface area contributed by atoms with E-state index in [2.05, 4.69) is 10.4 Å². The SMILES string of the molecule is CC(C)CC(=O)Nc1ccnn1C1CCN(C(=O)CC(F)(F)F)CC1. The van der Waals surface area contributed by atoms with Crippen molar-refractivity contribution in [3.05, 3.63) is 12.3 Å². The average molecular weight is 360 g/mol. The van der Waals surface area contributed by atoms with E-state index in [1.54, 1.807) is 16.9 Å². The normalized spacial score (nSPS) is 16.3. The van der Waals surface area contributed by atoms with Gasteiger partial charge in [-0.3, -0.25) is 9.59 Å². The Morgan fingerprint density at radius 1 is 1.32 bits per heavy atom. The van der Waals surface area contributed by atoms with Crippen LogP contribution < -0.4 is 5.32 Å². The number of halogens is 3. The fourth-order valence-corrected chi connectivity index (χ4v) is 2.91. The topological polar surface area (TPSA) is 67.2 Å². The van der Waals surface area contributed by atoms with Crippen molar-refractivity contribution in [3.8, 4) is 0 Å². The van der Waals surface area contributed by atoms with Crippen LogP contribution in [0.1, 0.15) is 45.6 Å². The number of carbonyl (C=O) groups excluding carboxylic acids is 2. The van der Waals surface area contributed by atoms with Gasteiger partial charge in [0.2, 0.25) is 11.8 Å². The van der Waals surface area contributed by atoms with Crippen molar-refractivity contribution < 1.29 is 22.8 Å². The van der Waals surface area contributed by atoms with Gasteiger partial charge in [-0.15, -0.1) is 0 Å². The van der Waals surface area contributed by atoms with Crippen molar-refractivity contribution >= 4 is 17.6 Å². The van der Waals surface area contributed by atoms with Crippen molar-refractivity contribution in [1.29, 1.82) is 0 Å². The van der Waals surface area contributed by atoms with E-state index in [0.717, 1.165) is 0 Å². The molecule has 1 N–H and O–H groups in total. The lowest BCUT2D eigenvalue weighted by Gasteiger charge is -2.33. The predicted molar refractivity (Wildman–Crippen MR) is 85.8 cm³/mol. The predicted octanol–water partition coefficient (Wildman–Crippen LogP) is 2.98. The average Bonchev–Trinajstić information content (AvgIpc) is 2.92. The molecular weight excluding hydrogens is 337 g/mol. The van der Waals surface area contributed by atoms with Gasteiger partial charge < -0.3 is 10.2 Å². The number of nitrogens with zero attached hydrogens (tertiary/aromatic N) is 3. The summed E-state index contributed by atoms with van der Waals surface area (Å²) in [7, 11) is 0. The third kappa shape index (κ3) is 5.75. The first-order valence-corrected chi connectivity index (χ1v) is 8.33. The first-order chi connectivity index (χ1) is 11.7. The van der Waals surface area contributed by atoms with Gasteiger partial charge in [0.1, 0.15) is 12.2 Å². The quantitative estimate of drug-likeness (QED) is 0.878. The minimum absolute atomic E-state index is 0.0562. The molecular formula is C16H23F3N4O2. The maximum atomic E-state index is 12.3. The molecule has 0 unspecified atom stereocenters. The Labute approximate surface area is 144 Å². The van der Waals surface area contributed by atoms with E-state index in [0.29, 0.717) is 25.1 Å². The van der Waals surface area contributed by atoms with Crippen molar-refractivity contribution in [1.82, 2.24) is 14.7 Å². The molecule has 0 saturated carbocycles. The molecule has 1 aliphatic heterocycles. The van der Waals surface area contributed by atoms with Gasteiger partial charge in [0.15, 0.2) is 0 Å². The van der Waals surface area contributed by atoms with Crippen molar-refractivity contribution in [3.63, 3.8) is 0 Å². The van der Waals surface area contributed by atoms with Gasteiger partial charge in [0.05, 0.1) is 12.2 Å². The third-order valence-corrected chi connectivity index (χ3v) is 4.05. The zero-order valence-corrected chi connectivity index (χ0v) is 14.3. The molecule has 140 valence electrons. The number of amides is 2. The molecule has 2 amide bonds. The molecule has 1 aliphatic rings. The number of anilines is 1. The van der Waals surface area contributed by atoms with E-state index < -0.39 is 18.5 Å². The van der Waals surface area contributed by atoms with Gasteiger partial charge in [-0.2, -0.15) is 18.3 Å². The number of nitrogens with one attached hydrogen (secondary N) is 1. The van der Waals surface area contributed by atoms with Crippen LogP contribution in [0.4, 0.5) is 19.0 Å². The van der Waals surface area contributed by atoms with E-state index >= 15 is 0 Å². The van der Waals surface area contributed by atoms with Gasteiger partial charge in [-0.25, -0.2) is 4.68 Å². The summed E-state index contributed by atoms with van der Waals surface area (Å²) in [6.45, 7) is 4.40. The first kappa shape index (κ1) is 19.3. The molecule has 6 nitrogen and oxygen atoms in total. The van der Waals surface area contributed by atoms with Crippen LogP contribution in [0.15, 0.2) is 12.3 Å². The largest absolute Gasteiger partial charge is 0.397 e. The lowest BCUT2D eigenvalue weighted by Crippen LogP contribution is -2.41. The Balaban J connectivity index is 1.92. The summed E-state index contributed by atoms with van der Waals surface area (Å²) in [6.07, 6.45) is -2.93. The van der Waals surface area contributed by atoms with Gasteiger partial charge in [0.25, 0.3) is 0 Å². The van der Waals surface area contributed by atoms with Crippen molar-refractivity contribution in [2.75, 3.05) is 18.4 Å². The second-order valence-corrected chi connectivity index (χ2v) is 6.71. The molecule has 1 aromatic heterocycles. The summed E-state index contributed by atoms with van der Waals surface area (Å²) in [5.41, 5.74) is 0.